The lowest BCUT2D eigenvalue weighted by Crippen LogP contribution is -2.16. The molecule has 1 aromatic heterocycles. The van der Waals surface area contributed by atoms with Gasteiger partial charge in [0.15, 0.2) is 0 Å². The molecule has 2 aromatic carbocycles. The van der Waals surface area contributed by atoms with Crippen molar-refractivity contribution in [3.63, 3.8) is 0 Å². The van der Waals surface area contributed by atoms with Crippen molar-refractivity contribution in [2.75, 3.05) is 17.3 Å². The second-order valence-corrected chi connectivity index (χ2v) is 8.56. The van der Waals surface area contributed by atoms with Gasteiger partial charge in [-0.3, -0.25) is 15.4 Å². The van der Waals surface area contributed by atoms with E-state index in [4.69, 9.17) is 27.9 Å². The van der Waals surface area contributed by atoms with Gasteiger partial charge in [-0.2, -0.15) is 0 Å². The van der Waals surface area contributed by atoms with Crippen LogP contribution in [0.15, 0.2) is 54.6 Å². The highest BCUT2D eigenvalue weighted by Crippen LogP contribution is 2.29. The van der Waals surface area contributed by atoms with Crippen LogP contribution in [0.1, 0.15) is 10.4 Å². The van der Waals surface area contributed by atoms with Gasteiger partial charge in [0.1, 0.15) is 6.61 Å². The number of thiophene rings is 1. The van der Waals surface area contributed by atoms with E-state index in [9.17, 15) is 14.9 Å². The van der Waals surface area contributed by atoms with Gasteiger partial charge in [-0.25, -0.2) is 4.79 Å². The highest BCUT2D eigenvalue weighted by Gasteiger charge is 2.11. The molecule has 0 unspecified atom stereocenters. The lowest BCUT2D eigenvalue weighted by atomic mass is 10.2. The van der Waals surface area contributed by atoms with Gasteiger partial charge in [-0.1, -0.05) is 23.2 Å². The summed E-state index contributed by atoms with van der Waals surface area (Å²) in [5.41, 5.74) is 1.91. The second kappa shape index (κ2) is 9.80. The number of rotatable bonds is 7. The Balaban J connectivity index is 1.55. The van der Waals surface area contributed by atoms with Gasteiger partial charge in [0, 0.05) is 29.7 Å². The van der Waals surface area contributed by atoms with Crippen molar-refractivity contribution < 1.29 is 14.5 Å². The third-order valence-electron chi connectivity index (χ3n) is 4.17. The first kappa shape index (κ1) is 21.9. The summed E-state index contributed by atoms with van der Waals surface area (Å²) < 4.78 is 5.89. The van der Waals surface area contributed by atoms with E-state index in [0.29, 0.717) is 22.8 Å². The molecule has 3 aromatic rings. The molecule has 1 amide bonds. The molecule has 30 heavy (non-hydrogen) atoms. The fraction of sp³-hybridized carbons (Fsp3) is 0.150. The molecule has 0 bridgehead atoms. The molecule has 0 saturated carbocycles. The number of carbonyl (C=O) groups excluding carboxylic acids is 1. The average molecular weight is 466 g/mol. The van der Waals surface area contributed by atoms with Gasteiger partial charge in [-0.15, -0.1) is 11.3 Å². The molecule has 0 fully saturated rings. The summed E-state index contributed by atoms with van der Waals surface area (Å²) in [7, 11) is 1.94. The molecule has 0 aliphatic heterocycles. The Morgan fingerprint density at radius 2 is 1.90 bits per heavy atom. The Labute approximate surface area is 186 Å². The quantitative estimate of drug-likeness (QED) is 0.324. The number of ether oxygens (including phenoxy) is 1. The summed E-state index contributed by atoms with van der Waals surface area (Å²) in [6.45, 7) is 0.656. The van der Waals surface area contributed by atoms with Gasteiger partial charge in [-0.05, 0) is 48.0 Å². The molecule has 1 N–H and O–H groups in total. The van der Waals surface area contributed by atoms with E-state index < -0.39 is 11.0 Å². The summed E-state index contributed by atoms with van der Waals surface area (Å²) in [6, 6.07) is 14.9. The number of nitrogens with zero attached hydrogens (tertiary/aromatic N) is 2. The number of benzene rings is 2. The van der Waals surface area contributed by atoms with Crippen LogP contribution < -0.4 is 10.2 Å². The number of hydrogen-bond acceptors (Lipinski definition) is 6. The van der Waals surface area contributed by atoms with Crippen LogP contribution in [0, 0.1) is 10.1 Å². The standard InChI is InChI=1S/C20H17Cl2N3O4S/c1-24(11-16-7-9-19(22)30-16)15-6-8-18(17(21)10-15)23-20(26)29-12-13-2-4-14(5-3-13)25(27)28/h2-10H,11-12H2,1H3,(H,23,26). The van der Waals surface area contributed by atoms with Gasteiger partial charge >= 0.3 is 6.09 Å². The third-order valence-corrected chi connectivity index (χ3v) is 5.70. The molecule has 156 valence electrons. The van der Waals surface area contributed by atoms with E-state index in [-0.39, 0.29) is 12.3 Å². The van der Waals surface area contributed by atoms with Gasteiger partial charge in [0.2, 0.25) is 0 Å². The highest BCUT2D eigenvalue weighted by molar-refractivity contribution is 7.16. The van der Waals surface area contributed by atoms with Crippen molar-refractivity contribution in [3.8, 4) is 0 Å². The number of carbonyl (C=O) groups is 1. The summed E-state index contributed by atoms with van der Waals surface area (Å²) in [5.74, 6) is 0. The molecule has 0 saturated heterocycles. The molecule has 0 radical (unpaired) electrons. The number of nitro benzene ring substituents is 1. The number of halogens is 2. The predicted octanol–water partition coefficient (Wildman–Crippen LogP) is 6.35. The van der Waals surface area contributed by atoms with Gasteiger partial charge < -0.3 is 9.64 Å². The Morgan fingerprint density at radius 3 is 2.50 bits per heavy atom. The van der Waals surface area contributed by atoms with Crippen LogP contribution in [-0.2, 0) is 17.9 Å². The highest BCUT2D eigenvalue weighted by atomic mass is 35.5. The van der Waals surface area contributed by atoms with Crippen LogP contribution in [-0.4, -0.2) is 18.1 Å². The molecule has 10 heteroatoms. The fourth-order valence-electron chi connectivity index (χ4n) is 2.61. The zero-order chi connectivity index (χ0) is 21.7. The first-order valence-electron chi connectivity index (χ1n) is 8.74. The Kier molecular flexibility index (Phi) is 7.15. The van der Waals surface area contributed by atoms with Crippen LogP contribution in [0.25, 0.3) is 0 Å². The molecule has 3 rings (SSSR count). The monoisotopic (exact) mass is 465 g/mol. The molecule has 7 nitrogen and oxygen atoms in total. The van der Waals surface area contributed by atoms with Crippen molar-refractivity contribution in [2.24, 2.45) is 0 Å². The summed E-state index contributed by atoms with van der Waals surface area (Å²) >= 11 is 13.8. The first-order valence-corrected chi connectivity index (χ1v) is 10.3. The zero-order valence-electron chi connectivity index (χ0n) is 15.8. The largest absolute Gasteiger partial charge is 0.444 e. The average Bonchev–Trinajstić information content (AvgIpc) is 3.12. The summed E-state index contributed by atoms with van der Waals surface area (Å²) in [6.07, 6.45) is -0.676. The summed E-state index contributed by atoms with van der Waals surface area (Å²) in [4.78, 5) is 25.4. The van der Waals surface area contributed by atoms with Crippen LogP contribution in [0.4, 0.5) is 21.9 Å². The Bertz CT molecular complexity index is 1060. The van der Waals surface area contributed by atoms with E-state index in [1.54, 1.807) is 12.1 Å². The molecule has 0 atom stereocenters. The smallest absolute Gasteiger partial charge is 0.412 e. The molecular weight excluding hydrogens is 449 g/mol. The van der Waals surface area contributed by atoms with E-state index in [0.717, 1.165) is 14.9 Å². The maximum absolute atomic E-state index is 12.1. The van der Waals surface area contributed by atoms with Gasteiger partial charge in [0.05, 0.1) is 26.5 Å². The zero-order valence-corrected chi connectivity index (χ0v) is 18.1. The number of nitrogens with one attached hydrogen (secondary N) is 1. The van der Waals surface area contributed by atoms with E-state index in [1.165, 1.54) is 35.6 Å². The van der Waals surface area contributed by atoms with Crippen LogP contribution >= 0.6 is 34.5 Å². The fourth-order valence-corrected chi connectivity index (χ4v) is 3.98. The van der Waals surface area contributed by atoms with Crippen molar-refractivity contribution >= 4 is 57.7 Å². The van der Waals surface area contributed by atoms with E-state index >= 15 is 0 Å². The maximum atomic E-state index is 12.1. The Morgan fingerprint density at radius 1 is 1.17 bits per heavy atom. The normalized spacial score (nSPS) is 10.5. The number of anilines is 2. The molecule has 0 aliphatic carbocycles. The van der Waals surface area contributed by atoms with Crippen molar-refractivity contribution in [1.29, 1.82) is 0 Å². The number of nitro groups is 1. The minimum absolute atomic E-state index is 0.0222. The van der Waals surface area contributed by atoms with E-state index in [1.807, 2.05) is 30.1 Å². The summed E-state index contributed by atoms with van der Waals surface area (Å²) in [5, 5.41) is 13.6. The number of hydrogen-bond donors (Lipinski definition) is 1. The van der Waals surface area contributed by atoms with Gasteiger partial charge in [0.25, 0.3) is 5.69 Å². The molecular formula is C20H17Cl2N3O4S. The number of non-ortho nitro benzene ring substituents is 1. The van der Waals surface area contributed by atoms with Crippen molar-refractivity contribution in [3.05, 3.63) is 84.5 Å². The van der Waals surface area contributed by atoms with Crippen molar-refractivity contribution in [1.82, 2.24) is 0 Å². The lowest BCUT2D eigenvalue weighted by Gasteiger charge is -2.19. The first-order chi connectivity index (χ1) is 14.3. The van der Waals surface area contributed by atoms with Crippen LogP contribution in [0.2, 0.25) is 9.36 Å². The molecule has 0 spiro atoms. The molecule has 1 heterocycles. The van der Waals surface area contributed by atoms with Crippen LogP contribution in [0.3, 0.4) is 0 Å². The minimum Gasteiger partial charge on any atom is -0.444 e. The van der Waals surface area contributed by atoms with Crippen LogP contribution in [0.5, 0.6) is 0 Å². The second-order valence-electron chi connectivity index (χ2n) is 6.35. The topological polar surface area (TPSA) is 84.7 Å². The lowest BCUT2D eigenvalue weighted by molar-refractivity contribution is -0.384. The van der Waals surface area contributed by atoms with E-state index in [2.05, 4.69) is 5.32 Å². The third kappa shape index (κ3) is 5.85. The minimum atomic E-state index is -0.676. The Hall–Kier alpha value is -2.81. The SMILES string of the molecule is CN(Cc1ccc(Cl)s1)c1ccc(NC(=O)OCc2ccc([N+](=O)[O-])cc2)c(Cl)c1. The molecule has 0 aliphatic rings. The maximum Gasteiger partial charge on any atom is 0.412 e. The van der Waals surface area contributed by atoms with Crippen molar-refractivity contribution in [2.45, 2.75) is 13.2 Å². The predicted molar refractivity (Wildman–Crippen MR) is 120 cm³/mol. The number of amides is 1.